The van der Waals surface area contributed by atoms with Crippen LogP contribution in [0.15, 0.2) is 127 Å². The summed E-state index contributed by atoms with van der Waals surface area (Å²) in [4.78, 5) is 0. The van der Waals surface area contributed by atoms with E-state index in [9.17, 15) is 10.5 Å². The number of para-hydroxylation sites is 3. The van der Waals surface area contributed by atoms with Crippen molar-refractivity contribution in [2.75, 3.05) is 0 Å². The van der Waals surface area contributed by atoms with Crippen LogP contribution in [0.2, 0.25) is 0 Å². The molecule has 4 heteroatoms. The van der Waals surface area contributed by atoms with E-state index < -0.39 is 0 Å². The maximum absolute atomic E-state index is 10.3. The highest BCUT2D eigenvalue weighted by Crippen LogP contribution is 2.39. The van der Waals surface area contributed by atoms with E-state index in [1.54, 1.807) is 0 Å². The third kappa shape index (κ3) is 4.12. The summed E-state index contributed by atoms with van der Waals surface area (Å²) >= 11 is 0. The zero-order chi connectivity index (χ0) is 31.6. The first kappa shape index (κ1) is 27.4. The van der Waals surface area contributed by atoms with Crippen molar-refractivity contribution < 1.29 is 0 Å². The van der Waals surface area contributed by atoms with E-state index in [0.717, 1.165) is 55.4 Å². The number of hydrogen-bond donors (Lipinski definition) is 0. The van der Waals surface area contributed by atoms with Crippen molar-refractivity contribution in [2.24, 2.45) is 0 Å². The van der Waals surface area contributed by atoms with Crippen LogP contribution in [-0.4, -0.2) is 9.13 Å². The van der Waals surface area contributed by atoms with Gasteiger partial charge >= 0.3 is 0 Å². The van der Waals surface area contributed by atoms with Crippen LogP contribution >= 0.6 is 0 Å². The standard InChI is InChI=1S/C42H30N4/c1-42(2,3)36-22-30(26-44)40(24-29(36)25-43)46-38-16-10-8-14-33(38)35-21-27(18-20-39(35)46)28-17-19-34-32-13-7-9-15-37(32)45(41(34)23-28)31-11-5-4-6-12-31/h4-24H,1-3H3. The van der Waals surface area contributed by atoms with Crippen LogP contribution in [0.5, 0.6) is 0 Å². The number of benzene rings is 6. The smallest absolute Gasteiger partial charge is 0.101 e. The summed E-state index contributed by atoms with van der Waals surface area (Å²) in [6.07, 6.45) is 0. The van der Waals surface area contributed by atoms with Crippen LogP contribution in [0.25, 0.3) is 66.1 Å². The van der Waals surface area contributed by atoms with Crippen molar-refractivity contribution in [2.45, 2.75) is 26.2 Å². The molecular weight excluding hydrogens is 560 g/mol. The highest BCUT2D eigenvalue weighted by atomic mass is 15.0. The molecule has 218 valence electrons. The molecule has 0 aliphatic rings. The molecule has 4 nitrogen and oxygen atoms in total. The van der Waals surface area contributed by atoms with Gasteiger partial charge in [-0.25, -0.2) is 0 Å². The fraction of sp³-hybridized carbons (Fsp3) is 0.0952. The molecule has 8 rings (SSSR count). The molecule has 0 aliphatic heterocycles. The van der Waals surface area contributed by atoms with Crippen LogP contribution in [-0.2, 0) is 5.41 Å². The average Bonchev–Trinajstić information content (AvgIpc) is 3.59. The Morgan fingerprint density at radius 3 is 1.74 bits per heavy atom. The first-order chi connectivity index (χ1) is 22.4. The van der Waals surface area contributed by atoms with Gasteiger partial charge in [0.15, 0.2) is 0 Å². The number of fused-ring (bicyclic) bond motifs is 6. The van der Waals surface area contributed by atoms with Gasteiger partial charge in [-0.3, -0.25) is 0 Å². The second-order valence-corrected chi connectivity index (χ2v) is 12.9. The van der Waals surface area contributed by atoms with Gasteiger partial charge in [-0.2, -0.15) is 10.5 Å². The van der Waals surface area contributed by atoms with Crippen LogP contribution in [0.1, 0.15) is 37.5 Å². The van der Waals surface area contributed by atoms with Crippen molar-refractivity contribution >= 4 is 43.6 Å². The zero-order valence-corrected chi connectivity index (χ0v) is 25.9. The lowest BCUT2D eigenvalue weighted by atomic mass is 9.82. The number of hydrogen-bond acceptors (Lipinski definition) is 2. The summed E-state index contributed by atoms with van der Waals surface area (Å²) in [5, 5.41) is 25.1. The van der Waals surface area contributed by atoms with E-state index in [4.69, 9.17) is 0 Å². The SMILES string of the molecule is CC(C)(C)c1cc(C#N)c(-n2c3ccccc3c3cc(-c4ccc5c6ccccc6n(-c6ccccc6)c5c4)ccc32)cc1C#N. The topological polar surface area (TPSA) is 57.4 Å². The maximum atomic E-state index is 10.3. The maximum Gasteiger partial charge on any atom is 0.101 e. The van der Waals surface area contributed by atoms with E-state index in [0.29, 0.717) is 11.1 Å². The molecule has 6 aromatic carbocycles. The Bertz CT molecular complexity index is 2580. The monoisotopic (exact) mass is 590 g/mol. The first-order valence-electron chi connectivity index (χ1n) is 15.5. The quantitative estimate of drug-likeness (QED) is 0.205. The van der Waals surface area contributed by atoms with Crippen LogP contribution in [0.3, 0.4) is 0 Å². The van der Waals surface area contributed by atoms with Crippen LogP contribution in [0, 0.1) is 22.7 Å². The predicted molar refractivity (Wildman–Crippen MR) is 189 cm³/mol. The van der Waals surface area contributed by atoms with E-state index in [2.05, 4.69) is 145 Å². The third-order valence-corrected chi connectivity index (χ3v) is 9.12. The predicted octanol–water partition coefficient (Wildman–Crippen LogP) is 10.6. The number of nitrogens with zero attached hydrogens (tertiary/aromatic N) is 4. The summed E-state index contributed by atoms with van der Waals surface area (Å²) in [7, 11) is 0. The largest absolute Gasteiger partial charge is 0.309 e. The molecule has 0 bridgehead atoms. The lowest BCUT2D eigenvalue weighted by Gasteiger charge is -2.22. The van der Waals surface area contributed by atoms with Crippen molar-refractivity contribution in [1.29, 1.82) is 10.5 Å². The molecule has 2 aromatic heterocycles. The molecular formula is C42H30N4. The van der Waals surface area contributed by atoms with Crippen molar-refractivity contribution in [1.82, 2.24) is 9.13 Å². The average molecular weight is 591 g/mol. The minimum Gasteiger partial charge on any atom is -0.309 e. The molecule has 0 saturated carbocycles. The van der Waals surface area contributed by atoms with E-state index in [1.165, 1.54) is 16.3 Å². The minimum absolute atomic E-state index is 0.266. The van der Waals surface area contributed by atoms with Crippen molar-refractivity contribution in [3.05, 3.63) is 144 Å². The molecule has 0 N–H and O–H groups in total. The summed E-state index contributed by atoms with van der Waals surface area (Å²) in [5.41, 5.74) is 10.2. The third-order valence-electron chi connectivity index (χ3n) is 9.12. The fourth-order valence-electron chi connectivity index (χ4n) is 6.99. The number of rotatable bonds is 3. The molecule has 0 amide bonds. The van der Waals surface area contributed by atoms with Gasteiger partial charge in [0, 0.05) is 27.2 Å². The second kappa shape index (κ2) is 10.2. The molecule has 0 aliphatic carbocycles. The van der Waals surface area contributed by atoms with Crippen molar-refractivity contribution in [3.8, 4) is 34.6 Å². The Morgan fingerprint density at radius 2 is 1.04 bits per heavy atom. The molecule has 0 atom stereocenters. The van der Waals surface area contributed by atoms with Crippen molar-refractivity contribution in [3.63, 3.8) is 0 Å². The Labute approximate surface area is 267 Å². The van der Waals surface area contributed by atoms with E-state index in [1.807, 2.05) is 24.3 Å². The number of aromatic nitrogens is 2. The normalized spacial score (nSPS) is 11.8. The Hall–Kier alpha value is -6.10. The van der Waals surface area contributed by atoms with Gasteiger partial charge in [-0.05, 0) is 76.7 Å². The van der Waals surface area contributed by atoms with Gasteiger partial charge in [0.05, 0.1) is 45.0 Å². The molecule has 0 fully saturated rings. The second-order valence-electron chi connectivity index (χ2n) is 12.9. The first-order valence-corrected chi connectivity index (χ1v) is 15.5. The minimum atomic E-state index is -0.266. The lowest BCUT2D eigenvalue weighted by Crippen LogP contribution is -2.15. The summed E-state index contributed by atoms with van der Waals surface area (Å²) in [6.45, 7) is 6.22. The van der Waals surface area contributed by atoms with Gasteiger partial charge in [-0.15, -0.1) is 0 Å². The summed E-state index contributed by atoms with van der Waals surface area (Å²) < 4.78 is 4.48. The molecule has 8 aromatic rings. The fourth-order valence-corrected chi connectivity index (χ4v) is 6.99. The van der Waals surface area contributed by atoms with Gasteiger partial charge in [-0.1, -0.05) is 93.6 Å². The highest BCUT2D eigenvalue weighted by molar-refractivity contribution is 6.12. The van der Waals surface area contributed by atoms with Gasteiger partial charge in [0.25, 0.3) is 0 Å². The summed E-state index contributed by atoms with van der Waals surface area (Å²) in [6, 6.07) is 49.3. The van der Waals surface area contributed by atoms with Gasteiger partial charge in [0.2, 0.25) is 0 Å². The molecule has 0 saturated heterocycles. The van der Waals surface area contributed by atoms with Gasteiger partial charge < -0.3 is 9.13 Å². The number of nitriles is 2. The van der Waals surface area contributed by atoms with Crippen LogP contribution < -0.4 is 0 Å². The molecule has 0 radical (unpaired) electrons. The lowest BCUT2D eigenvalue weighted by molar-refractivity contribution is 0.588. The van der Waals surface area contributed by atoms with E-state index in [-0.39, 0.29) is 5.41 Å². The van der Waals surface area contributed by atoms with E-state index >= 15 is 0 Å². The molecule has 0 unspecified atom stereocenters. The Balaban J connectivity index is 1.37. The highest BCUT2D eigenvalue weighted by Gasteiger charge is 2.23. The molecule has 0 spiro atoms. The molecule has 46 heavy (non-hydrogen) atoms. The van der Waals surface area contributed by atoms with Crippen LogP contribution in [0.4, 0.5) is 0 Å². The Morgan fingerprint density at radius 1 is 0.478 bits per heavy atom. The zero-order valence-electron chi connectivity index (χ0n) is 25.9. The summed E-state index contributed by atoms with van der Waals surface area (Å²) in [5.74, 6) is 0. The van der Waals surface area contributed by atoms with Gasteiger partial charge in [0.1, 0.15) is 6.07 Å². The molecule has 2 heterocycles. The Kier molecular flexibility index (Phi) is 6.11.